The molecule has 4 rings (SSSR count). The van der Waals surface area contributed by atoms with Gasteiger partial charge in [0.1, 0.15) is 17.3 Å². The molecular weight excluding hydrogens is 529 g/mol. The van der Waals surface area contributed by atoms with E-state index in [4.69, 9.17) is 43.1 Å². The predicted molar refractivity (Wildman–Crippen MR) is 143 cm³/mol. The van der Waals surface area contributed by atoms with Crippen molar-refractivity contribution in [1.29, 1.82) is 5.26 Å². The Morgan fingerprint density at radius 1 is 0.921 bits per heavy atom. The SMILES string of the molecule is COC(=O)C1=C(C(=O)OC)N(c2cc(Cl)ccc2Oc2ccccc2Cl)C(N)=C(C#N)C1c1ccccc1. The van der Waals surface area contributed by atoms with Crippen LogP contribution < -0.4 is 15.4 Å². The van der Waals surface area contributed by atoms with Gasteiger partial charge in [-0.1, -0.05) is 65.7 Å². The maximum atomic E-state index is 13.3. The van der Waals surface area contributed by atoms with Crippen molar-refractivity contribution in [2.45, 2.75) is 5.92 Å². The maximum absolute atomic E-state index is 13.3. The number of para-hydroxylation sites is 1. The molecule has 0 amide bonds. The monoisotopic (exact) mass is 549 g/mol. The van der Waals surface area contributed by atoms with Crippen molar-refractivity contribution in [3.05, 3.63) is 111 Å². The van der Waals surface area contributed by atoms with Gasteiger partial charge in [-0.3, -0.25) is 4.90 Å². The second-order valence-electron chi connectivity index (χ2n) is 7.98. The molecule has 3 aromatic rings. The first-order valence-electron chi connectivity index (χ1n) is 11.2. The van der Waals surface area contributed by atoms with Crippen molar-refractivity contribution in [1.82, 2.24) is 0 Å². The van der Waals surface area contributed by atoms with E-state index >= 15 is 0 Å². The van der Waals surface area contributed by atoms with Crippen molar-refractivity contribution >= 4 is 40.8 Å². The van der Waals surface area contributed by atoms with Gasteiger partial charge in [0.15, 0.2) is 5.75 Å². The highest BCUT2D eigenvalue weighted by atomic mass is 35.5. The summed E-state index contributed by atoms with van der Waals surface area (Å²) in [5, 5.41) is 10.8. The Labute approximate surface area is 229 Å². The Hall–Kier alpha value is -4.45. The Bertz CT molecular complexity index is 1510. The highest BCUT2D eigenvalue weighted by Crippen LogP contribution is 2.46. The van der Waals surface area contributed by atoms with Crippen LogP contribution in [0.25, 0.3) is 0 Å². The van der Waals surface area contributed by atoms with Crippen molar-refractivity contribution in [2.75, 3.05) is 19.1 Å². The second kappa shape index (κ2) is 11.3. The highest BCUT2D eigenvalue weighted by molar-refractivity contribution is 6.32. The van der Waals surface area contributed by atoms with Gasteiger partial charge in [0.05, 0.1) is 48.1 Å². The number of carbonyl (C=O) groups excluding carboxylic acids is 2. The molecule has 1 aliphatic rings. The molecule has 1 unspecified atom stereocenters. The number of hydrogen-bond acceptors (Lipinski definition) is 8. The van der Waals surface area contributed by atoms with E-state index in [0.717, 1.165) is 0 Å². The van der Waals surface area contributed by atoms with E-state index in [1.807, 2.05) is 0 Å². The molecule has 38 heavy (non-hydrogen) atoms. The molecular formula is C28H21Cl2N3O5. The van der Waals surface area contributed by atoms with Crippen LogP contribution in [-0.4, -0.2) is 26.2 Å². The number of allylic oxidation sites excluding steroid dienone is 1. The minimum atomic E-state index is -1.01. The lowest BCUT2D eigenvalue weighted by molar-refractivity contribution is -0.139. The average molecular weight is 550 g/mol. The molecule has 2 N–H and O–H groups in total. The second-order valence-corrected chi connectivity index (χ2v) is 8.82. The quantitative estimate of drug-likeness (QED) is 0.390. The minimum absolute atomic E-state index is 0.00734. The summed E-state index contributed by atoms with van der Waals surface area (Å²) in [6.45, 7) is 0. The van der Waals surface area contributed by atoms with Crippen LogP contribution in [0.15, 0.2) is 95.5 Å². The average Bonchev–Trinajstić information content (AvgIpc) is 2.94. The summed E-state index contributed by atoms with van der Waals surface area (Å²) in [4.78, 5) is 27.8. The third-order valence-corrected chi connectivity index (χ3v) is 6.38. The molecule has 0 aromatic heterocycles. The van der Waals surface area contributed by atoms with Crippen molar-refractivity contribution in [2.24, 2.45) is 5.73 Å². The maximum Gasteiger partial charge on any atom is 0.355 e. The number of nitriles is 1. The third kappa shape index (κ3) is 4.90. The molecule has 0 spiro atoms. The van der Waals surface area contributed by atoms with E-state index in [1.54, 1.807) is 66.7 Å². The van der Waals surface area contributed by atoms with E-state index in [0.29, 0.717) is 16.3 Å². The lowest BCUT2D eigenvalue weighted by Gasteiger charge is -2.36. The zero-order chi connectivity index (χ0) is 27.4. The summed E-state index contributed by atoms with van der Waals surface area (Å²) >= 11 is 12.6. The lowest BCUT2D eigenvalue weighted by atomic mass is 9.81. The van der Waals surface area contributed by atoms with Gasteiger partial charge in [-0.25, -0.2) is 9.59 Å². The first-order valence-corrected chi connectivity index (χ1v) is 12.0. The van der Waals surface area contributed by atoms with E-state index in [1.165, 1.54) is 25.2 Å². The molecule has 1 heterocycles. The van der Waals surface area contributed by atoms with Crippen LogP contribution in [0.2, 0.25) is 10.0 Å². The first-order chi connectivity index (χ1) is 18.3. The summed E-state index contributed by atoms with van der Waals surface area (Å²) in [5.41, 5.74) is 6.91. The molecule has 8 nitrogen and oxygen atoms in total. The Morgan fingerprint density at radius 2 is 1.58 bits per heavy atom. The molecule has 1 aliphatic heterocycles. The smallest absolute Gasteiger partial charge is 0.355 e. The summed E-state index contributed by atoms with van der Waals surface area (Å²) in [6, 6.07) is 22.2. The van der Waals surface area contributed by atoms with Crippen LogP contribution in [-0.2, 0) is 19.1 Å². The van der Waals surface area contributed by atoms with Crippen molar-refractivity contribution < 1.29 is 23.8 Å². The lowest BCUT2D eigenvalue weighted by Crippen LogP contribution is -2.40. The number of hydrogen-bond donors (Lipinski definition) is 1. The van der Waals surface area contributed by atoms with Gasteiger partial charge in [0.25, 0.3) is 0 Å². The number of ether oxygens (including phenoxy) is 3. The number of methoxy groups -OCH3 is 2. The van der Waals surface area contributed by atoms with E-state index < -0.39 is 17.9 Å². The molecule has 0 bridgehead atoms. The standard InChI is InChI=1S/C28H21Cl2N3O5/c1-36-27(34)24-23(16-8-4-3-5-9-16)18(15-31)26(32)33(25(24)28(35)37-2)20-14-17(29)12-13-22(20)38-21-11-7-6-10-19(21)30/h3-14,23H,32H2,1-2H3. The van der Waals surface area contributed by atoms with Gasteiger partial charge in [-0.15, -0.1) is 0 Å². The fourth-order valence-corrected chi connectivity index (χ4v) is 4.50. The minimum Gasteiger partial charge on any atom is -0.466 e. The van der Waals surface area contributed by atoms with Gasteiger partial charge in [-0.05, 0) is 35.9 Å². The first kappa shape index (κ1) is 26.6. The topological polar surface area (TPSA) is 115 Å². The molecule has 0 saturated heterocycles. The number of benzene rings is 3. The van der Waals surface area contributed by atoms with Gasteiger partial charge in [0.2, 0.25) is 0 Å². The molecule has 3 aromatic carbocycles. The molecule has 0 saturated carbocycles. The van der Waals surface area contributed by atoms with Crippen LogP contribution in [0.3, 0.4) is 0 Å². The van der Waals surface area contributed by atoms with Gasteiger partial charge < -0.3 is 19.9 Å². The largest absolute Gasteiger partial charge is 0.466 e. The molecule has 0 aliphatic carbocycles. The highest BCUT2D eigenvalue weighted by Gasteiger charge is 2.43. The third-order valence-electron chi connectivity index (χ3n) is 5.83. The number of halogens is 2. The molecule has 0 radical (unpaired) electrons. The van der Waals surface area contributed by atoms with E-state index in [-0.39, 0.29) is 39.1 Å². The number of carbonyl (C=O) groups is 2. The van der Waals surface area contributed by atoms with Gasteiger partial charge in [0, 0.05) is 5.02 Å². The Balaban J connectivity index is 2.05. The summed E-state index contributed by atoms with van der Waals surface area (Å²) in [6.07, 6.45) is 0. The molecule has 192 valence electrons. The normalized spacial score (nSPS) is 15.1. The zero-order valence-electron chi connectivity index (χ0n) is 20.3. The van der Waals surface area contributed by atoms with E-state index in [9.17, 15) is 14.9 Å². The fraction of sp³-hybridized carbons (Fsp3) is 0.107. The van der Waals surface area contributed by atoms with Crippen LogP contribution in [0, 0.1) is 11.3 Å². The summed E-state index contributed by atoms with van der Waals surface area (Å²) in [7, 11) is 2.34. The zero-order valence-corrected chi connectivity index (χ0v) is 21.8. The van der Waals surface area contributed by atoms with Crippen LogP contribution in [0.4, 0.5) is 5.69 Å². The van der Waals surface area contributed by atoms with Crippen molar-refractivity contribution in [3.8, 4) is 17.6 Å². The van der Waals surface area contributed by atoms with Crippen LogP contribution in [0.1, 0.15) is 11.5 Å². The van der Waals surface area contributed by atoms with Crippen LogP contribution >= 0.6 is 23.2 Å². The van der Waals surface area contributed by atoms with Gasteiger partial charge >= 0.3 is 11.9 Å². The molecule has 1 atom stereocenters. The number of nitrogens with zero attached hydrogens (tertiary/aromatic N) is 2. The Kier molecular flexibility index (Phi) is 7.91. The number of rotatable bonds is 6. The Morgan fingerprint density at radius 3 is 2.21 bits per heavy atom. The predicted octanol–water partition coefficient (Wildman–Crippen LogP) is 5.68. The van der Waals surface area contributed by atoms with Crippen molar-refractivity contribution in [3.63, 3.8) is 0 Å². The number of esters is 2. The molecule has 10 heteroatoms. The number of anilines is 1. The summed E-state index contributed by atoms with van der Waals surface area (Å²) < 4.78 is 16.2. The fourth-order valence-electron chi connectivity index (χ4n) is 4.16. The molecule has 0 fully saturated rings. The summed E-state index contributed by atoms with van der Waals surface area (Å²) in [5.74, 6) is -2.37. The number of nitrogens with two attached hydrogens (primary N) is 1. The van der Waals surface area contributed by atoms with Gasteiger partial charge in [-0.2, -0.15) is 5.26 Å². The van der Waals surface area contributed by atoms with E-state index in [2.05, 4.69) is 6.07 Å². The van der Waals surface area contributed by atoms with Crippen LogP contribution in [0.5, 0.6) is 11.5 Å².